The molecule has 11 nitrogen and oxygen atoms in total. The van der Waals surface area contributed by atoms with E-state index in [1.54, 1.807) is 4.90 Å². The number of amides is 1. The Balaban J connectivity index is 0.000000259. The molecule has 5 rings (SSSR count). The SMILES string of the molecule is CN(C)CCc1ccc(B2OC(C)(C)C(C)(C)O2)cc1Cl.C[C@H]1CC=C(OS(=O)(=O)C(F)(F)F)N(C)C1.C[C@H]1CC=C(c2ccc(CCN(C)C)c(Cl)c2)N(C(=O)OC(C)(C)C)C1. The Morgan fingerprint density at radius 1 is 0.841 bits per heavy atom. The fourth-order valence-electron chi connectivity index (χ4n) is 6.51. The fraction of sp³-hybridized carbons (Fsp3) is 0.622. The highest BCUT2D eigenvalue weighted by Crippen LogP contribution is 2.37. The first-order valence-electron chi connectivity index (χ1n) is 21.2. The van der Waals surface area contributed by atoms with Crippen LogP contribution in [-0.2, 0) is 41.2 Å². The number of allylic oxidation sites excluding steroid dienone is 2. The quantitative estimate of drug-likeness (QED) is 0.130. The van der Waals surface area contributed by atoms with Gasteiger partial charge in [-0.25, -0.2) is 4.79 Å². The van der Waals surface area contributed by atoms with Gasteiger partial charge in [-0.2, -0.15) is 21.6 Å². The van der Waals surface area contributed by atoms with Crippen molar-refractivity contribution in [3.8, 4) is 0 Å². The fourth-order valence-corrected chi connectivity index (χ4v) is 7.58. The second kappa shape index (κ2) is 22.0. The average Bonchev–Trinajstić information content (AvgIpc) is 3.36. The average molecular weight is 948 g/mol. The third-order valence-electron chi connectivity index (χ3n) is 10.9. The maximum atomic E-state index is 12.7. The van der Waals surface area contributed by atoms with Crippen molar-refractivity contribution in [2.75, 3.05) is 61.4 Å². The monoisotopic (exact) mass is 946 g/mol. The summed E-state index contributed by atoms with van der Waals surface area (Å²) in [5.41, 5.74) is -1.45. The summed E-state index contributed by atoms with van der Waals surface area (Å²) in [5.74, 6) is 0.391. The lowest BCUT2D eigenvalue weighted by atomic mass is 9.78. The molecule has 18 heteroatoms. The predicted molar refractivity (Wildman–Crippen MR) is 248 cm³/mol. The highest BCUT2D eigenvalue weighted by atomic mass is 35.5. The number of carbonyl (C=O) groups excluding carboxylic acids is 1. The molecule has 354 valence electrons. The summed E-state index contributed by atoms with van der Waals surface area (Å²) in [6.07, 6.45) is 6.43. The Morgan fingerprint density at radius 2 is 1.33 bits per heavy atom. The molecule has 0 radical (unpaired) electrons. The zero-order chi connectivity index (χ0) is 47.9. The number of likely N-dealkylation sites (N-methyl/N-ethyl adjacent to an activating group) is 2. The summed E-state index contributed by atoms with van der Waals surface area (Å²) in [5, 5.41) is 1.53. The van der Waals surface area contributed by atoms with Gasteiger partial charge >= 0.3 is 28.8 Å². The van der Waals surface area contributed by atoms with Crippen LogP contribution in [0.5, 0.6) is 0 Å². The van der Waals surface area contributed by atoms with Crippen LogP contribution in [0.1, 0.15) is 91.8 Å². The first kappa shape index (κ1) is 54.3. The molecule has 3 heterocycles. The van der Waals surface area contributed by atoms with Crippen LogP contribution in [0.3, 0.4) is 0 Å². The van der Waals surface area contributed by atoms with E-state index in [2.05, 4.69) is 107 Å². The Bertz CT molecular complexity index is 2030. The molecule has 63 heavy (non-hydrogen) atoms. The first-order chi connectivity index (χ1) is 28.8. The number of carbonyl (C=O) groups is 1. The zero-order valence-corrected chi connectivity index (χ0v) is 41.8. The molecular formula is C45H68BCl2F3N4O7S. The van der Waals surface area contributed by atoms with Crippen LogP contribution in [0.15, 0.2) is 54.4 Å². The van der Waals surface area contributed by atoms with Crippen LogP contribution >= 0.6 is 23.2 Å². The summed E-state index contributed by atoms with van der Waals surface area (Å²) in [6.45, 7) is 21.0. The van der Waals surface area contributed by atoms with Crippen molar-refractivity contribution >= 4 is 57.7 Å². The maximum Gasteiger partial charge on any atom is 0.534 e. The third-order valence-corrected chi connectivity index (χ3v) is 12.5. The number of ether oxygens (including phenoxy) is 1. The number of hydrogen-bond acceptors (Lipinski definition) is 10. The van der Waals surface area contributed by atoms with E-state index in [-0.39, 0.29) is 36.2 Å². The lowest BCUT2D eigenvalue weighted by molar-refractivity contribution is -0.0538. The highest BCUT2D eigenvalue weighted by molar-refractivity contribution is 7.87. The minimum absolute atomic E-state index is 0.256. The molecule has 0 N–H and O–H groups in total. The largest absolute Gasteiger partial charge is 0.534 e. The second-order valence-corrected chi connectivity index (χ2v) is 21.5. The van der Waals surface area contributed by atoms with E-state index >= 15 is 0 Å². The predicted octanol–water partition coefficient (Wildman–Crippen LogP) is 9.47. The molecule has 0 saturated carbocycles. The third kappa shape index (κ3) is 16.1. The van der Waals surface area contributed by atoms with Crippen molar-refractivity contribution in [1.29, 1.82) is 0 Å². The molecule has 0 aromatic heterocycles. The van der Waals surface area contributed by atoms with E-state index in [1.165, 1.54) is 18.0 Å². The van der Waals surface area contributed by atoms with Crippen LogP contribution in [0.4, 0.5) is 18.0 Å². The molecule has 1 saturated heterocycles. The smallest absolute Gasteiger partial charge is 0.443 e. The molecule has 0 bridgehead atoms. The number of alkyl halides is 3. The molecule has 2 aromatic carbocycles. The summed E-state index contributed by atoms with van der Waals surface area (Å²) < 4.78 is 79.3. The Kier molecular flexibility index (Phi) is 19.0. The molecule has 0 unspecified atom stereocenters. The molecule has 2 atom stereocenters. The van der Waals surface area contributed by atoms with Crippen molar-refractivity contribution in [3.05, 3.63) is 81.2 Å². The van der Waals surface area contributed by atoms with E-state index in [4.69, 9.17) is 37.2 Å². The van der Waals surface area contributed by atoms with Gasteiger partial charge in [-0.15, -0.1) is 0 Å². The minimum Gasteiger partial charge on any atom is -0.443 e. The summed E-state index contributed by atoms with van der Waals surface area (Å²) >= 11 is 12.9. The maximum absolute atomic E-state index is 12.7. The summed E-state index contributed by atoms with van der Waals surface area (Å²) in [4.78, 5) is 20.1. The van der Waals surface area contributed by atoms with Gasteiger partial charge in [-0.05, 0) is 155 Å². The highest BCUT2D eigenvalue weighted by Gasteiger charge is 2.52. The number of nitrogens with zero attached hydrogens (tertiary/aromatic N) is 4. The summed E-state index contributed by atoms with van der Waals surface area (Å²) in [7, 11) is 3.80. The Hall–Kier alpha value is -2.99. The van der Waals surface area contributed by atoms with Gasteiger partial charge in [0, 0.05) is 43.3 Å². The Labute approximate surface area is 385 Å². The van der Waals surface area contributed by atoms with Crippen molar-refractivity contribution in [1.82, 2.24) is 19.6 Å². The van der Waals surface area contributed by atoms with Gasteiger partial charge in [-0.3, -0.25) is 4.90 Å². The van der Waals surface area contributed by atoms with Crippen LogP contribution in [-0.4, -0.2) is 125 Å². The molecule has 1 amide bonds. The topological polar surface area (TPSA) is 101 Å². The number of halogens is 5. The number of rotatable bonds is 10. The van der Waals surface area contributed by atoms with Crippen molar-refractivity contribution in [2.24, 2.45) is 11.8 Å². The van der Waals surface area contributed by atoms with E-state index < -0.39 is 21.2 Å². The molecule has 0 aliphatic carbocycles. The van der Waals surface area contributed by atoms with Crippen LogP contribution < -0.4 is 5.46 Å². The van der Waals surface area contributed by atoms with Gasteiger partial charge < -0.3 is 32.9 Å². The lowest BCUT2D eigenvalue weighted by Crippen LogP contribution is -2.41. The van der Waals surface area contributed by atoms with Crippen LogP contribution in [0.25, 0.3) is 5.70 Å². The van der Waals surface area contributed by atoms with Crippen molar-refractivity contribution < 1.29 is 44.6 Å². The number of hydrogen-bond donors (Lipinski definition) is 0. The lowest BCUT2D eigenvalue weighted by Gasteiger charge is -2.34. The normalized spacial score (nSPS) is 20.0. The van der Waals surface area contributed by atoms with Gasteiger partial charge in [0.05, 0.1) is 16.9 Å². The van der Waals surface area contributed by atoms with Gasteiger partial charge in [-0.1, -0.05) is 67.4 Å². The molecule has 1 fully saturated rings. The van der Waals surface area contributed by atoms with E-state index in [0.29, 0.717) is 25.4 Å². The zero-order valence-electron chi connectivity index (χ0n) is 39.5. The molecule has 3 aliphatic heterocycles. The van der Waals surface area contributed by atoms with Crippen LogP contribution in [0, 0.1) is 11.8 Å². The molecule has 3 aliphatic rings. The number of benzene rings is 2. The summed E-state index contributed by atoms with van der Waals surface area (Å²) in [6, 6.07) is 12.2. The van der Waals surface area contributed by atoms with E-state index in [0.717, 1.165) is 70.2 Å². The minimum atomic E-state index is -5.56. The van der Waals surface area contributed by atoms with Gasteiger partial charge in [0.15, 0.2) is 0 Å². The van der Waals surface area contributed by atoms with E-state index in [1.807, 2.05) is 39.8 Å². The van der Waals surface area contributed by atoms with Crippen molar-refractivity contribution in [3.63, 3.8) is 0 Å². The van der Waals surface area contributed by atoms with Gasteiger partial charge in [0.25, 0.3) is 0 Å². The molecular weight excluding hydrogens is 879 g/mol. The van der Waals surface area contributed by atoms with Crippen molar-refractivity contribution in [2.45, 2.75) is 110 Å². The second-order valence-electron chi connectivity index (χ2n) is 19.1. The van der Waals surface area contributed by atoms with Gasteiger partial charge in [0.2, 0.25) is 5.88 Å². The van der Waals surface area contributed by atoms with E-state index in [9.17, 15) is 26.4 Å². The van der Waals surface area contributed by atoms with Gasteiger partial charge in [0.1, 0.15) is 5.60 Å². The molecule has 0 spiro atoms. The first-order valence-corrected chi connectivity index (χ1v) is 23.3. The standard InChI is InChI=1S/C21H31ClN2O2.C16H25BClNO2.C8H12F3NO3S/c1-15-7-10-19(24(14-15)20(25)26-21(2,3)4)17-9-8-16(18(22)13-17)11-12-23(5)6;1-15(2)16(3,4)21-17(20-15)13-8-7-12(14(18)11-13)9-10-19(5)6;1-6-3-4-7(12(2)5-6)15-16(13,14)8(9,10)11/h8-10,13,15H,7,11-12,14H2,1-6H3;7-8,11H,9-10H2,1-6H3;4,6H,3,5H2,1-2H3/t15-;;6-/m0.0/s1. The Morgan fingerprint density at radius 3 is 1.79 bits per heavy atom. The van der Waals surface area contributed by atoms with Crippen LogP contribution in [0.2, 0.25) is 10.0 Å². The molecule has 2 aromatic rings.